The molecule has 2 heteroatoms. The summed E-state index contributed by atoms with van der Waals surface area (Å²) in [5, 5.41) is 4.49. The largest absolute Gasteiger partial charge is 0.310 e. The normalized spacial score (nSPS) is 19.4. The first-order chi connectivity index (χ1) is 7.72. The van der Waals surface area contributed by atoms with Crippen LogP contribution in [0.25, 0.3) is 0 Å². The summed E-state index contributed by atoms with van der Waals surface area (Å²) in [6.07, 6.45) is 9.62. The molecule has 1 aliphatic rings. The molecule has 0 heterocycles. The Morgan fingerprint density at radius 2 is 2.00 bits per heavy atom. The predicted molar refractivity (Wildman–Crippen MR) is 76.2 cm³/mol. The maximum absolute atomic E-state index is 3.56. The van der Waals surface area contributed by atoms with E-state index >= 15 is 0 Å². The second-order valence-electron chi connectivity index (χ2n) is 5.00. The molecule has 1 fully saturated rings. The molecule has 0 bridgehead atoms. The number of likely N-dealkylation sites (N-methyl/N-ethyl adjacent to an activating group) is 1. The minimum atomic E-state index is 0.571. The highest BCUT2D eigenvalue weighted by molar-refractivity contribution is 7.99. The van der Waals surface area contributed by atoms with E-state index in [1.165, 1.54) is 43.4 Å². The standard InChI is InChI=1S/C14H27NS/c1-4-15-13(10-12(2)3)11-16-14-8-6-5-7-9-14/h10,13-15H,4-9,11H2,1-3H3. The van der Waals surface area contributed by atoms with Crippen LogP contribution < -0.4 is 5.32 Å². The van der Waals surface area contributed by atoms with Gasteiger partial charge in [0.25, 0.3) is 0 Å². The van der Waals surface area contributed by atoms with E-state index in [1.807, 2.05) is 0 Å². The summed E-state index contributed by atoms with van der Waals surface area (Å²) in [6.45, 7) is 7.64. The zero-order valence-electron chi connectivity index (χ0n) is 11.1. The lowest BCUT2D eigenvalue weighted by Gasteiger charge is -2.23. The molecule has 0 aromatic heterocycles. The monoisotopic (exact) mass is 241 g/mol. The van der Waals surface area contributed by atoms with Crippen LogP contribution in [0.1, 0.15) is 52.9 Å². The van der Waals surface area contributed by atoms with Gasteiger partial charge in [0, 0.05) is 17.0 Å². The van der Waals surface area contributed by atoms with Crippen LogP contribution in [-0.2, 0) is 0 Å². The number of hydrogen-bond donors (Lipinski definition) is 1. The summed E-state index contributed by atoms with van der Waals surface area (Å²) >= 11 is 2.18. The number of hydrogen-bond acceptors (Lipinski definition) is 2. The minimum Gasteiger partial charge on any atom is -0.310 e. The van der Waals surface area contributed by atoms with E-state index in [9.17, 15) is 0 Å². The van der Waals surface area contributed by atoms with Gasteiger partial charge in [0.1, 0.15) is 0 Å². The van der Waals surface area contributed by atoms with Crippen molar-refractivity contribution in [2.75, 3.05) is 12.3 Å². The van der Waals surface area contributed by atoms with Crippen LogP contribution in [0.4, 0.5) is 0 Å². The van der Waals surface area contributed by atoms with E-state index in [2.05, 4.69) is 43.9 Å². The van der Waals surface area contributed by atoms with Gasteiger partial charge in [-0.15, -0.1) is 0 Å². The number of allylic oxidation sites excluding steroid dienone is 1. The molecule has 0 amide bonds. The highest BCUT2D eigenvalue weighted by Gasteiger charge is 2.15. The molecule has 0 aromatic rings. The van der Waals surface area contributed by atoms with Crippen molar-refractivity contribution in [3.8, 4) is 0 Å². The van der Waals surface area contributed by atoms with Crippen LogP contribution >= 0.6 is 11.8 Å². The van der Waals surface area contributed by atoms with E-state index < -0.39 is 0 Å². The zero-order chi connectivity index (χ0) is 11.8. The lowest BCUT2D eigenvalue weighted by molar-refractivity contribution is 0.515. The fraction of sp³-hybridized carbons (Fsp3) is 0.857. The molecule has 94 valence electrons. The average molecular weight is 241 g/mol. The quantitative estimate of drug-likeness (QED) is 0.706. The summed E-state index contributed by atoms with van der Waals surface area (Å²) in [7, 11) is 0. The molecule has 16 heavy (non-hydrogen) atoms. The smallest absolute Gasteiger partial charge is 0.0343 e. The van der Waals surface area contributed by atoms with Crippen LogP contribution in [0.2, 0.25) is 0 Å². The maximum atomic E-state index is 3.56. The fourth-order valence-electron chi connectivity index (χ4n) is 2.30. The van der Waals surface area contributed by atoms with Gasteiger partial charge in [-0.05, 0) is 33.2 Å². The third-order valence-electron chi connectivity index (χ3n) is 3.06. The molecular weight excluding hydrogens is 214 g/mol. The van der Waals surface area contributed by atoms with Crippen LogP contribution in [0.3, 0.4) is 0 Å². The molecule has 0 spiro atoms. The van der Waals surface area contributed by atoms with Crippen LogP contribution in [-0.4, -0.2) is 23.6 Å². The molecule has 1 nitrogen and oxygen atoms in total. The maximum Gasteiger partial charge on any atom is 0.0343 e. The van der Waals surface area contributed by atoms with E-state index in [0.29, 0.717) is 6.04 Å². The van der Waals surface area contributed by atoms with Crippen molar-refractivity contribution in [1.29, 1.82) is 0 Å². The zero-order valence-corrected chi connectivity index (χ0v) is 11.9. The second kappa shape index (κ2) is 8.19. The van der Waals surface area contributed by atoms with Crippen molar-refractivity contribution in [2.24, 2.45) is 0 Å². The van der Waals surface area contributed by atoms with Crippen LogP contribution in [0.5, 0.6) is 0 Å². The summed E-state index contributed by atoms with van der Waals surface area (Å²) in [5.41, 5.74) is 1.43. The van der Waals surface area contributed by atoms with Crippen LogP contribution in [0, 0.1) is 0 Å². The van der Waals surface area contributed by atoms with E-state index in [-0.39, 0.29) is 0 Å². The van der Waals surface area contributed by atoms with Gasteiger partial charge in [-0.1, -0.05) is 37.8 Å². The Morgan fingerprint density at radius 1 is 1.31 bits per heavy atom. The fourth-order valence-corrected chi connectivity index (χ4v) is 3.66. The second-order valence-corrected chi connectivity index (χ2v) is 6.33. The van der Waals surface area contributed by atoms with E-state index in [1.54, 1.807) is 0 Å². The van der Waals surface area contributed by atoms with Crippen molar-refractivity contribution in [3.63, 3.8) is 0 Å². The Morgan fingerprint density at radius 3 is 2.56 bits per heavy atom. The molecular formula is C14H27NS. The van der Waals surface area contributed by atoms with Gasteiger partial charge >= 0.3 is 0 Å². The van der Waals surface area contributed by atoms with Gasteiger partial charge in [-0.25, -0.2) is 0 Å². The summed E-state index contributed by atoms with van der Waals surface area (Å²) in [4.78, 5) is 0. The predicted octanol–water partition coefficient (Wildman–Crippen LogP) is 4.00. The highest BCUT2D eigenvalue weighted by atomic mass is 32.2. The first kappa shape index (κ1) is 14.1. The van der Waals surface area contributed by atoms with Crippen molar-refractivity contribution in [1.82, 2.24) is 5.32 Å². The Labute approximate surface area is 105 Å². The van der Waals surface area contributed by atoms with Gasteiger partial charge in [-0.2, -0.15) is 11.8 Å². The molecule has 1 aliphatic carbocycles. The Kier molecular flexibility index (Phi) is 7.22. The molecule has 0 aliphatic heterocycles. The first-order valence-corrected chi connectivity index (χ1v) is 7.77. The number of rotatable bonds is 6. The highest BCUT2D eigenvalue weighted by Crippen LogP contribution is 2.28. The topological polar surface area (TPSA) is 12.0 Å². The third-order valence-corrected chi connectivity index (χ3v) is 4.56. The number of nitrogens with one attached hydrogen (secondary N) is 1. The molecule has 1 rings (SSSR count). The number of thioether (sulfide) groups is 1. The van der Waals surface area contributed by atoms with Crippen molar-refractivity contribution >= 4 is 11.8 Å². The average Bonchev–Trinajstić information content (AvgIpc) is 2.27. The Balaban J connectivity index is 2.27. The molecule has 1 N–H and O–H groups in total. The molecule has 0 aromatic carbocycles. The summed E-state index contributed by atoms with van der Waals surface area (Å²) < 4.78 is 0. The first-order valence-electron chi connectivity index (χ1n) is 6.72. The van der Waals surface area contributed by atoms with Crippen molar-refractivity contribution in [2.45, 2.75) is 64.2 Å². The van der Waals surface area contributed by atoms with E-state index in [4.69, 9.17) is 0 Å². The minimum absolute atomic E-state index is 0.571. The summed E-state index contributed by atoms with van der Waals surface area (Å²) in [5.74, 6) is 1.24. The SMILES string of the molecule is CCNC(C=C(C)C)CSC1CCCCC1. The lowest BCUT2D eigenvalue weighted by Crippen LogP contribution is -2.30. The lowest BCUT2D eigenvalue weighted by atomic mass is 10.0. The third kappa shape index (κ3) is 5.95. The van der Waals surface area contributed by atoms with Gasteiger partial charge in [0.05, 0.1) is 0 Å². The molecule has 1 atom stereocenters. The van der Waals surface area contributed by atoms with Crippen LogP contribution in [0.15, 0.2) is 11.6 Å². The van der Waals surface area contributed by atoms with Crippen molar-refractivity contribution in [3.05, 3.63) is 11.6 Å². The van der Waals surface area contributed by atoms with Gasteiger partial charge in [-0.3, -0.25) is 0 Å². The molecule has 0 saturated heterocycles. The van der Waals surface area contributed by atoms with Gasteiger partial charge < -0.3 is 5.32 Å². The van der Waals surface area contributed by atoms with Gasteiger partial charge in [0.15, 0.2) is 0 Å². The van der Waals surface area contributed by atoms with Crippen molar-refractivity contribution < 1.29 is 0 Å². The molecule has 1 saturated carbocycles. The Hall–Kier alpha value is 0.0500. The Bertz CT molecular complexity index is 203. The molecule has 0 radical (unpaired) electrons. The summed E-state index contributed by atoms with van der Waals surface area (Å²) in [6, 6.07) is 0.571. The molecule has 1 unspecified atom stereocenters. The van der Waals surface area contributed by atoms with Gasteiger partial charge in [0.2, 0.25) is 0 Å². The van der Waals surface area contributed by atoms with E-state index in [0.717, 1.165) is 11.8 Å².